The molecular weight excluding hydrogens is 347 g/mol. The van der Waals surface area contributed by atoms with Crippen LogP contribution in [0.15, 0.2) is 33.9 Å². The topological polar surface area (TPSA) is 77.2 Å². The Bertz CT molecular complexity index is 882. The SMILES string of the molecule is CC(C)c1nocc1C(=O)c1ccc(C(F)(F)F)cc1S(C)(=O)=O. The van der Waals surface area contributed by atoms with Crippen molar-refractivity contribution in [1.29, 1.82) is 0 Å². The minimum atomic E-state index is -4.72. The Morgan fingerprint density at radius 3 is 2.33 bits per heavy atom. The summed E-state index contributed by atoms with van der Waals surface area (Å²) in [7, 11) is -4.06. The second-order valence-electron chi connectivity index (χ2n) is 5.58. The molecular formula is C15H14F3NO4S. The van der Waals surface area contributed by atoms with Crippen molar-refractivity contribution >= 4 is 15.6 Å². The lowest BCUT2D eigenvalue weighted by molar-refractivity contribution is -0.137. The summed E-state index contributed by atoms with van der Waals surface area (Å²) in [5.74, 6) is -0.937. The highest BCUT2D eigenvalue weighted by Crippen LogP contribution is 2.33. The average Bonchev–Trinajstić information content (AvgIpc) is 2.93. The molecule has 2 aromatic rings. The van der Waals surface area contributed by atoms with Gasteiger partial charge >= 0.3 is 6.18 Å². The Morgan fingerprint density at radius 2 is 1.83 bits per heavy atom. The predicted octanol–water partition coefficient (Wildman–Crippen LogP) is 3.45. The summed E-state index contributed by atoms with van der Waals surface area (Å²) >= 11 is 0. The minimum absolute atomic E-state index is 0.0228. The third kappa shape index (κ3) is 3.50. The summed E-state index contributed by atoms with van der Waals surface area (Å²) in [5.41, 5.74) is -1.17. The molecule has 0 unspecified atom stereocenters. The van der Waals surface area contributed by atoms with Gasteiger partial charge in [-0.05, 0) is 24.1 Å². The van der Waals surface area contributed by atoms with Gasteiger partial charge in [0, 0.05) is 11.8 Å². The van der Waals surface area contributed by atoms with Crippen LogP contribution in [0.25, 0.3) is 0 Å². The van der Waals surface area contributed by atoms with Crippen LogP contribution in [0.1, 0.15) is 46.9 Å². The summed E-state index contributed by atoms with van der Waals surface area (Å²) < 4.78 is 67.0. The highest BCUT2D eigenvalue weighted by molar-refractivity contribution is 7.90. The number of carbonyl (C=O) groups is 1. The lowest BCUT2D eigenvalue weighted by atomic mass is 9.98. The molecule has 0 aliphatic carbocycles. The first-order valence-electron chi connectivity index (χ1n) is 6.83. The summed E-state index contributed by atoms with van der Waals surface area (Å²) in [5, 5.41) is 3.69. The first-order chi connectivity index (χ1) is 10.9. The number of benzene rings is 1. The fourth-order valence-corrected chi connectivity index (χ4v) is 3.07. The van der Waals surface area contributed by atoms with E-state index in [2.05, 4.69) is 5.16 Å². The summed E-state index contributed by atoms with van der Waals surface area (Å²) in [6.45, 7) is 3.50. The van der Waals surface area contributed by atoms with E-state index in [0.717, 1.165) is 18.6 Å². The maximum atomic E-state index is 12.8. The summed E-state index contributed by atoms with van der Waals surface area (Å²) in [6, 6.07) is 1.99. The molecule has 0 spiro atoms. The van der Waals surface area contributed by atoms with Crippen LogP contribution in [-0.4, -0.2) is 25.6 Å². The molecule has 9 heteroatoms. The van der Waals surface area contributed by atoms with Crippen LogP contribution in [-0.2, 0) is 16.0 Å². The molecule has 0 radical (unpaired) electrons. The van der Waals surface area contributed by atoms with Crippen LogP contribution in [0.4, 0.5) is 13.2 Å². The quantitative estimate of drug-likeness (QED) is 0.780. The smallest absolute Gasteiger partial charge is 0.364 e. The van der Waals surface area contributed by atoms with E-state index in [-0.39, 0.29) is 17.0 Å². The lowest BCUT2D eigenvalue weighted by Crippen LogP contribution is -2.14. The zero-order chi connectivity index (χ0) is 18.3. The second kappa shape index (κ2) is 6.04. The molecule has 0 amide bonds. The van der Waals surface area contributed by atoms with Gasteiger partial charge < -0.3 is 4.52 Å². The van der Waals surface area contributed by atoms with Crippen molar-refractivity contribution in [3.8, 4) is 0 Å². The van der Waals surface area contributed by atoms with E-state index in [1.54, 1.807) is 13.8 Å². The number of hydrogen-bond acceptors (Lipinski definition) is 5. The van der Waals surface area contributed by atoms with Crippen molar-refractivity contribution < 1.29 is 30.9 Å². The molecule has 0 atom stereocenters. The normalized spacial score (nSPS) is 12.6. The number of carbonyl (C=O) groups excluding carboxylic acids is 1. The Morgan fingerprint density at radius 1 is 1.21 bits per heavy atom. The lowest BCUT2D eigenvalue weighted by Gasteiger charge is -2.12. The van der Waals surface area contributed by atoms with Crippen LogP contribution in [0.3, 0.4) is 0 Å². The van der Waals surface area contributed by atoms with Gasteiger partial charge in [0.25, 0.3) is 0 Å². The van der Waals surface area contributed by atoms with Crippen molar-refractivity contribution in [2.75, 3.05) is 6.26 Å². The monoisotopic (exact) mass is 361 g/mol. The van der Waals surface area contributed by atoms with Crippen molar-refractivity contribution in [2.24, 2.45) is 0 Å². The fourth-order valence-electron chi connectivity index (χ4n) is 2.17. The first-order valence-corrected chi connectivity index (χ1v) is 8.72. The third-order valence-electron chi connectivity index (χ3n) is 3.34. The number of aromatic nitrogens is 1. The summed E-state index contributed by atoms with van der Waals surface area (Å²) in [4.78, 5) is 11.9. The van der Waals surface area contributed by atoms with Crippen LogP contribution < -0.4 is 0 Å². The number of nitrogens with zero attached hydrogens (tertiary/aromatic N) is 1. The van der Waals surface area contributed by atoms with Gasteiger partial charge in [0.1, 0.15) is 6.26 Å². The highest BCUT2D eigenvalue weighted by atomic mass is 32.2. The third-order valence-corrected chi connectivity index (χ3v) is 4.48. The van der Waals surface area contributed by atoms with Gasteiger partial charge in [0.2, 0.25) is 0 Å². The zero-order valence-electron chi connectivity index (χ0n) is 13.0. The van der Waals surface area contributed by atoms with Gasteiger partial charge in [-0.25, -0.2) is 8.42 Å². The maximum absolute atomic E-state index is 12.8. The molecule has 0 saturated carbocycles. The number of hydrogen-bond donors (Lipinski definition) is 0. The Kier molecular flexibility index (Phi) is 4.58. The molecule has 24 heavy (non-hydrogen) atoms. The molecule has 1 aromatic heterocycles. The molecule has 0 aliphatic heterocycles. The molecule has 0 aliphatic rings. The van der Waals surface area contributed by atoms with Gasteiger partial charge in [-0.3, -0.25) is 4.79 Å². The van der Waals surface area contributed by atoms with Gasteiger partial charge in [-0.2, -0.15) is 13.2 Å². The number of rotatable bonds is 4. The molecule has 5 nitrogen and oxygen atoms in total. The van der Waals surface area contributed by atoms with Crippen molar-refractivity contribution in [3.63, 3.8) is 0 Å². The van der Waals surface area contributed by atoms with Crippen LogP contribution in [0.2, 0.25) is 0 Å². The number of sulfone groups is 1. The molecule has 1 heterocycles. The number of alkyl halides is 3. The fraction of sp³-hybridized carbons (Fsp3) is 0.333. The molecule has 2 rings (SSSR count). The second-order valence-corrected chi connectivity index (χ2v) is 7.56. The molecule has 1 aromatic carbocycles. The standard InChI is InChI=1S/C15H14F3NO4S/c1-8(2)13-11(7-23-19-13)14(20)10-5-4-9(15(16,17)18)6-12(10)24(3,21)22/h4-8H,1-3H3. The molecule has 130 valence electrons. The Hall–Kier alpha value is -2.16. The first kappa shape index (κ1) is 18.2. The van der Waals surface area contributed by atoms with E-state index in [0.29, 0.717) is 17.8 Å². The minimum Gasteiger partial charge on any atom is -0.364 e. The molecule has 0 N–H and O–H groups in total. The van der Waals surface area contributed by atoms with E-state index in [4.69, 9.17) is 4.52 Å². The van der Waals surface area contributed by atoms with E-state index in [1.165, 1.54) is 0 Å². The Labute approximate surface area is 136 Å². The van der Waals surface area contributed by atoms with Crippen LogP contribution >= 0.6 is 0 Å². The summed E-state index contributed by atoms with van der Waals surface area (Å²) in [6.07, 6.45) is -2.92. The van der Waals surface area contributed by atoms with Gasteiger partial charge in [0.05, 0.1) is 21.7 Å². The highest BCUT2D eigenvalue weighted by Gasteiger charge is 2.33. The van der Waals surface area contributed by atoms with Gasteiger partial charge in [-0.15, -0.1) is 0 Å². The van der Waals surface area contributed by atoms with Crippen molar-refractivity contribution in [3.05, 3.63) is 46.8 Å². The van der Waals surface area contributed by atoms with Crippen LogP contribution in [0.5, 0.6) is 0 Å². The van der Waals surface area contributed by atoms with E-state index in [1.807, 2.05) is 0 Å². The largest absolute Gasteiger partial charge is 0.416 e. The van der Waals surface area contributed by atoms with Crippen LogP contribution in [0, 0.1) is 0 Å². The van der Waals surface area contributed by atoms with Crippen molar-refractivity contribution in [1.82, 2.24) is 5.16 Å². The van der Waals surface area contributed by atoms with Gasteiger partial charge in [-0.1, -0.05) is 19.0 Å². The van der Waals surface area contributed by atoms with E-state index < -0.39 is 32.3 Å². The Balaban J connectivity index is 2.66. The van der Waals surface area contributed by atoms with E-state index in [9.17, 15) is 26.4 Å². The van der Waals surface area contributed by atoms with Crippen molar-refractivity contribution in [2.45, 2.75) is 30.8 Å². The van der Waals surface area contributed by atoms with Gasteiger partial charge in [0.15, 0.2) is 15.6 Å². The molecule has 0 saturated heterocycles. The maximum Gasteiger partial charge on any atom is 0.416 e. The average molecular weight is 361 g/mol. The number of ketones is 1. The molecule has 0 fully saturated rings. The van der Waals surface area contributed by atoms with E-state index >= 15 is 0 Å². The number of halogens is 3. The molecule has 0 bridgehead atoms. The predicted molar refractivity (Wildman–Crippen MR) is 78.6 cm³/mol. The zero-order valence-corrected chi connectivity index (χ0v) is 13.8.